The van der Waals surface area contributed by atoms with E-state index in [9.17, 15) is 9.59 Å². The number of esters is 1. The van der Waals surface area contributed by atoms with Gasteiger partial charge in [-0.1, -0.05) is 0 Å². The number of hydrogen-bond acceptors (Lipinski definition) is 5. The van der Waals surface area contributed by atoms with Crippen molar-refractivity contribution in [3.05, 3.63) is 29.8 Å². The number of nitrogens with zero attached hydrogens (tertiary/aromatic N) is 1. The minimum atomic E-state index is -0.905. The molecular weight excluding hydrogens is 272 g/mol. The molecule has 21 heavy (non-hydrogen) atoms. The van der Waals surface area contributed by atoms with Crippen LogP contribution in [0.4, 0.5) is 5.69 Å². The predicted molar refractivity (Wildman–Crippen MR) is 74.3 cm³/mol. The first kappa shape index (κ1) is 15.0. The lowest BCUT2D eigenvalue weighted by atomic mass is 10.2. The van der Waals surface area contributed by atoms with Crippen molar-refractivity contribution in [3.8, 4) is 6.07 Å². The molecule has 6 heteroatoms. The molecule has 0 bridgehead atoms. The van der Waals surface area contributed by atoms with E-state index in [-0.39, 0.29) is 0 Å². The lowest BCUT2D eigenvalue weighted by Gasteiger charge is -2.15. The fraction of sp³-hybridized carbons (Fsp3) is 0.400. The van der Waals surface area contributed by atoms with E-state index in [0.29, 0.717) is 24.3 Å². The van der Waals surface area contributed by atoms with Crippen LogP contribution in [0.3, 0.4) is 0 Å². The third-order valence-corrected chi connectivity index (χ3v) is 3.14. The summed E-state index contributed by atoms with van der Waals surface area (Å²) in [7, 11) is 0. The van der Waals surface area contributed by atoms with Crippen LogP contribution in [0.5, 0.6) is 0 Å². The predicted octanol–water partition coefficient (Wildman–Crippen LogP) is 1.61. The fourth-order valence-corrected chi connectivity index (χ4v) is 1.94. The normalized spacial score (nSPS) is 18.6. The van der Waals surface area contributed by atoms with Gasteiger partial charge in [-0.25, -0.2) is 4.79 Å². The van der Waals surface area contributed by atoms with Crippen LogP contribution in [0.2, 0.25) is 0 Å². The van der Waals surface area contributed by atoms with Gasteiger partial charge in [-0.2, -0.15) is 5.26 Å². The molecule has 6 nitrogen and oxygen atoms in total. The molecule has 1 fully saturated rings. The second kappa shape index (κ2) is 6.86. The third-order valence-electron chi connectivity index (χ3n) is 3.14. The second-order valence-electron chi connectivity index (χ2n) is 4.76. The molecule has 0 unspecified atom stereocenters. The summed E-state index contributed by atoms with van der Waals surface area (Å²) < 4.78 is 10.3. The molecule has 2 atom stereocenters. The Morgan fingerprint density at radius 3 is 2.71 bits per heavy atom. The number of nitrogens with one attached hydrogen (secondary N) is 1. The van der Waals surface area contributed by atoms with E-state index in [4.69, 9.17) is 14.7 Å². The van der Waals surface area contributed by atoms with Gasteiger partial charge in [0.2, 0.25) is 0 Å². The third kappa shape index (κ3) is 4.04. The average molecular weight is 288 g/mol. The van der Waals surface area contributed by atoms with Gasteiger partial charge in [0, 0.05) is 12.3 Å². The Morgan fingerprint density at radius 2 is 2.14 bits per heavy atom. The first-order valence-corrected chi connectivity index (χ1v) is 6.73. The Morgan fingerprint density at radius 1 is 1.43 bits per heavy atom. The van der Waals surface area contributed by atoms with Gasteiger partial charge in [-0.05, 0) is 44.0 Å². The molecule has 1 heterocycles. The maximum atomic E-state index is 11.9. The summed E-state index contributed by atoms with van der Waals surface area (Å²) in [5.41, 5.74) is 1.05. The van der Waals surface area contributed by atoms with Crippen LogP contribution in [-0.2, 0) is 19.1 Å². The van der Waals surface area contributed by atoms with Crippen LogP contribution < -0.4 is 5.32 Å². The summed E-state index contributed by atoms with van der Waals surface area (Å²) in [5.74, 6) is -0.930. The van der Waals surface area contributed by atoms with Crippen molar-refractivity contribution in [1.29, 1.82) is 5.26 Å². The molecule has 0 radical (unpaired) electrons. The highest BCUT2D eigenvalue weighted by Gasteiger charge is 2.28. The zero-order valence-corrected chi connectivity index (χ0v) is 11.7. The fourth-order valence-electron chi connectivity index (χ4n) is 1.94. The average Bonchev–Trinajstić information content (AvgIpc) is 3.02. The van der Waals surface area contributed by atoms with Crippen molar-refractivity contribution < 1.29 is 19.1 Å². The van der Waals surface area contributed by atoms with E-state index in [1.54, 1.807) is 24.3 Å². The van der Waals surface area contributed by atoms with Gasteiger partial charge in [0.15, 0.2) is 12.2 Å². The highest BCUT2D eigenvalue weighted by molar-refractivity contribution is 5.95. The number of benzene rings is 1. The zero-order valence-electron chi connectivity index (χ0n) is 11.7. The lowest BCUT2D eigenvalue weighted by Crippen LogP contribution is -2.33. The first-order chi connectivity index (χ1) is 10.1. The summed E-state index contributed by atoms with van der Waals surface area (Å²) in [6.07, 6.45) is -0.0125. The van der Waals surface area contributed by atoms with Gasteiger partial charge in [-0.15, -0.1) is 0 Å². The molecule has 0 aliphatic carbocycles. The molecule has 110 valence electrons. The van der Waals surface area contributed by atoms with Crippen LogP contribution >= 0.6 is 0 Å². The highest BCUT2D eigenvalue weighted by atomic mass is 16.6. The molecule has 1 saturated heterocycles. The molecule has 1 amide bonds. The number of anilines is 1. The summed E-state index contributed by atoms with van der Waals surface area (Å²) in [6, 6.07) is 8.42. The Bertz CT molecular complexity index is 556. The van der Waals surface area contributed by atoms with Crippen LogP contribution in [0, 0.1) is 11.3 Å². The summed E-state index contributed by atoms with van der Waals surface area (Å²) in [6.45, 7) is 2.05. The van der Waals surface area contributed by atoms with Crippen LogP contribution in [0.25, 0.3) is 0 Å². The number of carbonyl (C=O) groups excluding carboxylic acids is 2. The van der Waals surface area contributed by atoms with Crippen LogP contribution in [0.1, 0.15) is 25.3 Å². The largest absolute Gasteiger partial charge is 0.451 e. The number of nitriles is 1. The smallest absolute Gasteiger partial charge is 0.336 e. The maximum absolute atomic E-state index is 11.9. The number of carbonyl (C=O) groups is 2. The van der Waals surface area contributed by atoms with Crippen molar-refractivity contribution >= 4 is 17.6 Å². The Kier molecular flexibility index (Phi) is 4.90. The topological polar surface area (TPSA) is 88.4 Å². The summed E-state index contributed by atoms with van der Waals surface area (Å²) in [5, 5.41) is 11.3. The van der Waals surface area contributed by atoms with Gasteiger partial charge < -0.3 is 14.8 Å². The second-order valence-corrected chi connectivity index (χ2v) is 4.76. The molecule has 1 aliphatic heterocycles. The molecule has 0 spiro atoms. The number of rotatable bonds is 4. The molecule has 1 aliphatic rings. The van der Waals surface area contributed by atoms with E-state index >= 15 is 0 Å². The molecule has 1 aromatic rings. The van der Waals surface area contributed by atoms with Gasteiger partial charge >= 0.3 is 5.97 Å². The molecular formula is C15H16N2O4. The molecule has 2 rings (SSSR count). The SMILES string of the molecule is C[C@H](OC(=O)[C@@H]1CCCO1)C(=O)Nc1ccc(C#N)cc1. The van der Waals surface area contributed by atoms with Gasteiger partial charge in [0.1, 0.15) is 0 Å². The zero-order chi connectivity index (χ0) is 15.2. The standard InChI is InChI=1S/C15H16N2O4/c1-10(21-15(19)13-3-2-8-20-13)14(18)17-12-6-4-11(9-16)5-7-12/h4-7,10,13H,2-3,8H2,1H3,(H,17,18)/t10-,13-/m0/s1. The molecule has 0 aromatic heterocycles. The van der Waals surface area contributed by atoms with Crippen LogP contribution in [-0.4, -0.2) is 30.7 Å². The summed E-state index contributed by atoms with van der Waals surface area (Å²) in [4.78, 5) is 23.7. The van der Waals surface area contributed by atoms with Crippen LogP contribution in [0.15, 0.2) is 24.3 Å². The van der Waals surface area contributed by atoms with Crippen molar-refractivity contribution in [2.45, 2.75) is 32.0 Å². The van der Waals surface area contributed by atoms with E-state index in [0.717, 1.165) is 6.42 Å². The van der Waals surface area contributed by atoms with Gasteiger partial charge in [-0.3, -0.25) is 4.79 Å². The van der Waals surface area contributed by atoms with E-state index in [2.05, 4.69) is 5.32 Å². The van der Waals surface area contributed by atoms with Gasteiger partial charge in [0.25, 0.3) is 5.91 Å². The van der Waals surface area contributed by atoms with Crippen molar-refractivity contribution in [1.82, 2.24) is 0 Å². The minimum Gasteiger partial charge on any atom is -0.451 e. The van der Waals surface area contributed by atoms with Crippen molar-refractivity contribution in [2.24, 2.45) is 0 Å². The highest BCUT2D eigenvalue weighted by Crippen LogP contribution is 2.15. The van der Waals surface area contributed by atoms with E-state index in [1.165, 1.54) is 6.92 Å². The van der Waals surface area contributed by atoms with Crippen molar-refractivity contribution in [2.75, 3.05) is 11.9 Å². The number of hydrogen-bond donors (Lipinski definition) is 1. The quantitative estimate of drug-likeness (QED) is 0.850. The molecule has 1 aromatic carbocycles. The first-order valence-electron chi connectivity index (χ1n) is 6.73. The van der Waals surface area contributed by atoms with Gasteiger partial charge in [0.05, 0.1) is 11.6 Å². The summed E-state index contributed by atoms with van der Waals surface area (Å²) >= 11 is 0. The minimum absolute atomic E-state index is 0.425. The van der Waals surface area contributed by atoms with E-state index in [1.807, 2.05) is 6.07 Å². The Hall–Kier alpha value is -2.39. The Balaban J connectivity index is 1.86. The monoisotopic (exact) mass is 288 g/mol. The maximum Gasteiger partial charge on any atom is 0.336 e. The Labute approximate surface area is 122 Å². The van der Waals surface area contributed by atoms with Crippen molar-refractivity contribution in [3.63, 3.8) is 0 Å². The number of ether oxygens (including phenoxy) is 2. The number of amides is 1. The molecule has 0 saturated carbocycles. The van der Waals surface area contributed by atoms with E-state index < -0.39 is 24.1 Å². The lowest BCUT2D eigenvalue weighted by molar-refractivity contribution is -0.162. The molecule has 1 N–H and O–H groups in total.